The maximum atomic E-state index is 5.49. The van der Waals surface area contributed by atoms with Crippen LogP contribution in [0.2, 0.25) is 0 Å². The second-order valence-corrected chi connectivity index (χ2v) is 2.87. The summed E-state index contributed by atoms with van der Waals surface area (Å²) in [7, 11) is 0. The first-order valence-electron chi connectivity index (χ1n) is 4.56. The number of hydrogen-bond acceptors (Lipinski definition) is 3. The van der Waals surface area contributed by atoms with Crippen LogP contribution in [0.5, 0.6) is 5.75 Å². The average molecular weight is 180 g/mol. The van der Waals surface area contributed by atoms with Crippen molar-refractivity contribution in [1.82, 2.24) is 0 Å². The SMILES string of the molecule is CCCCOc1cccc(NN)c1. The lowest BCUT2D eigenvalue weighted by molar-refractivity contribution is 0.309. The fraction of sp³-hybridized carbons (Fsp3) is 0.400. The van der Waals surface area contributed by atoms with Gasteiger partial charge in [0.05, 0.1) is 12.3 Å². The van der Waals surface area contributed by atoms with E-state index in [4.69, 9.17) is 10.6 Å². The van der Waals surface area contributed by atoms with Gasteiger partial charge >= 0.3 is 0 Å². The summed E-state index contributed by atoms with van der Waals surface area (Å²) in [6, 6.07) is 7.62. The summed E-state index contributed by atoms with van der Waals surface area (Å²) in [5, 5.41) is 0. The summed E-state index contributed by atoms with van der Waals surface area (Å²) >= 11 is 0. The van der Waals surface area contributed by atoms with E-state index in [0.717, 1.165) is 30.9 Å². The highest BCUT2D eigenvalue weighted by Gasteiger charge is 1.94. The summed E-state index contributed by atoms with van der Waals surface area (Å²) in [5.74, 6) is 6.13. The van der Waals surface area contributed by atoms with E-state index >= 15 is 0 Å². The first-order chi connectivity index (χ1) is 6.36. The number of rotatable bonds is 5. The minimum absolute atomic E-state index is 0.768. The molecule has 0 radical (unpaired) electrons. The van der Waals surface area contributed by atoms with Crippen molar-refractivity contribution in [1.29, 1.82) is 0 Å². The lowest BCUT2D eigenvalue weighted by atomic mass is 10.3. The van der Waals surface area contributed by atoms with Crippen LogP contribution < -0.4 is 16.0 Å². The number of hydrogen-bond donors (Lipinski definition) is 2. The van der Waals surface area contributed by atoms with Crippen LogP contribution in [0.1, 0.15) is 19.8 Å². The van der Waals surface area contributed by atoms with Crippen molar-refractivity contribution in [3.8, 4) is 5.75 Å². The minimum Gasteiger partial charge on any atom is -0.494 e. The predicted octanol–water partition coefficient (Wildman–Crippen LogP) is 2.15. The third kappa shape index (κ3) is 3.34. The lowest BCUT2D eigenvalue weighted by Gasteiger charge is -2.06. The highest BCUT2D eigenvalue weighted by Crippen LogP contribution is 2.16. The summed E-state index contributed by atoms with van der Waals surface area (Å²) in [6.45, 7) is 2.91. The molecule has 1 rings (SSSR count). The molecule has 3 nitrogen and oxygen atoms in total. The monoisotopic (exact) mass is 180 g/mol. The molecule has 1 aromatic carbocycles. The molecule has 0 aliphatic carbocycles. The van der Waals surface area contributed by atoms with Gasteiger partial charge in [-0.25, -0.2) is 0 Å². The van der Waals surface area contributed by atoms with Gasteiger partial charge in [0.15, 0.2) is 0 Å². The van der Waals surface area contributed by atoms with Crippen molar-refractivity contribution in [2.24, 2.45) is 5.84 Å². The third-order valence-electron chi connectivity index (χ3n) is 1.77. The van der Waals surface area contributed by atoms with E-state index in [2.05, 4.69) is 12.3 Å². The molecule has 3 heteroatoms. The molecule has 1 aromatic rings. The zero-order valence-corrected chi connectivity index (χ0v) is 7.92. The zero-order chi connectivity index (χ0) is 9.52. The molecule has 0 aliphatic rings. The van der Waals surface area contributed by atoms with Crippen molar-refractivity contribution in [3.05, 3.63) is 24.3 Å². The molecule has 0 amide bonds. The van der Waals surface area contributed by atoms with Crippen LogP contribution in [0.4, 0.5) is 5.69 Å². The molecule has 0 atom stereocenters. The topological polar surface area (TPSA) is 47.3 Å². The van der Waals surface area contributed by atoms with E-state index in [-0.39, 0.29) is 0 Å². The van der Waals surface area contributed by atoms with Crippen molar-refractivity contribution < 1.29 is 4.74 Å². The van der Waals surface area contributed by atoms with E-state index in [1.807, 2.05) is 24.3 Å². The van der Waals surface area contributed by atoms with Crippen molar-refractivity contribution >= 4 is 5.69 Å². The smallest absolute Gasteiger partial charge is 0.121 e. The first kappa shape index (κ1) is 9.86. The normalized spacial score (nSPS) is 9.69. The van der Waals surface area contributed by atoms with Crippen molar-refractivity contribution in [2.75, 3.05) is 12.0 Å². The average Bonchev–Trinajstić information content (AvgIpc) is 2.19. The van der Waals surface area contributed by atoms with E-state index in [9.17, 15) is 0 Å². The molecule has 0 spiro atoms. The Labute approximate surface area is 78.9 Å². The molecule has 0 aromatic heterocycles. The van der Waals surface area contributed by atoms with E-state index < -0.39 is 0 Å². The summed E-state index contributed by atoms with van der Waals surface area (Å²) < 4.78 is 5.49. The number of hydrazine groups is 1. The molecule has 3 N–H and O–H groups in total. The van der Waals surface area contributed by atoms with Crippen LogP contribution in [0, 0.1) is 0 Å². The van der Waals surface area contributed by atoms with Gasteiger partial charge in [-0.2, -0.15) is 0 Å². The van der Waals surface area contributed by atoms with Gasteiger partial charge in [-0.05, 0) is 18.6 Å². The molecule has 0 saturated heterocycles. The van der Waals surface area contributed by atoms with Crippen LogP contribution in [0.25, 0.3) is 0 Å². The summed E-state index contributed by atoms with van der Waals surface area (Å²) in [5.41, 5.74) is 3.45. The first-order valence-corrected chi connectivity index (χ1v) is 4.56. The summed E-state index contributed by atoms with van der Waals surface area (Å²) in [6.07, 6.45) is 2.23. The fourth-order valence-corrected chi connectivity index (χ4v) is 1.01. The van der Waals surface area contributed by atoms with Crippen LogP contribution in [-0.2, 0) is 0 Å². The fourth-order valence-electron chi connectivity index (χ4n) is 1.01. The summed E-state index contributed by atoms with van der Waals surface area (Å²) in [4.78, 5) is 0. The second kappa shape index (κ2) is 5.43. The number of nitrogens with two attached hydrogens (primary N) is 1. The molecule has 0 unspecified atom stereocenters. The Bertz CT molecular complexity index is 250. The van der Waals surface area contributed by atoms with Gasteiger partial charge in [-0.1, -0.05) is 19.4 Å². The van der Waals surface area contributed by atoms with E-state index in [1.54, 1.807) is 0 Å². The minimum atomic E-state index is 0.768. The Balaban J connectivity index is 2.46. The van der Waals surface area contributed by atoms with E-state index in [1.165, 1.54) is 0 Å². The molecule has 72 valence electrons. The molecular formula is C10H16N2O. The van der Waals surface area contributed by atoms with Crippen LogP contribution in [0.3, 0.4) is 0 Å². The van der Waals surface area contributed by atoms with Gasteiger partial charge in [0.25, 0.3) is 0 Å². The second-order valence-electron chi connectivity index (χ2n) is 2.87. The zero-order valence-electron chi connectivity index (χ0n) is 7.92. The van der Waals surface area contributed by atoms with Gasteiger partial charge in [0, 0.05) is 6.07 Å². The number of nitrogen functional groups attached to an aromatic ring is 1. The predicted molar refractivity (Wildman–Crippen MR) is 54.7 cm³/mol. The van der Waals surface area contributed by atoms with Crippen LogP contribution >= 0.6 is 0 Å². The van der Waals surface area contributed by atoms with Crippen LogP contribution in [0.15, 0.2) is 24.3 Å². The van der Waals surface area contributed by atoms with Crippen molar-refractivity contribution in [2.45, 2.75) is 19.8 Å². The van der Waals surface area contributed by atoms with Crippen molar-refractivity contribution in [3.63, 3.8) is 0 Å². The molecule has 0 saturated carbocycles. The van der Waals surface area contributed by atoms with Gasteiger partial charge < -0.3 is 10.2 Å². The molecule has 0 aliphatic heterocycles. The number of benzene rings is 1. The standard InChI is InChI=1S/C10H16N2O/c1-2-3-7-13-10-6-4-5-9(8-10)12-11/h4-6,8,12H,2-3,7,11H2,1H3. The Kier molecular flexibility index (Phi) is 4.12. The lowest BCUT2D eigenvalue weighted by Crippen LogP contribution is -2.06. The van der Waals surface area contributed by atoms with Gasteiger partial charge in [-0.15, -0.1) is 0 Å². The van der Waals surface area contributed by atoms with Gasteiger partial charge in [-0.3, -0.25) is 5.84 Å². The molecule has 0 fully saturated rings. The maximum absolute atomic E-state index is 5.49. The van der Waals surface area contributed by atoms with E-state index in [0.29, 0.717) is 0 Å². The Morgan fingerprint density at radius 1 is 1.46 bits per heavy atom. The van der Waals surface area contributed by atoms with Gasteiger partial charge in [0.1, 0.15) is 5.75 Å². The number of nitrogens with one attached hydrogen (secondary N) is 1. The molecule has 0 bridgehead atoms. The number of ether oxygens (including phenoxy) is 1. The van der Waals surface area contributed by atoms with Crippen LogP contribution in [-0.4, -0.2) is 6.61 Å². The molecular weight excluding hydrogens is 164 g/mol. The Morgan fingerprint density at radius 3 is 3.00 bits per heavy atom. The largest absolute Gasteiger partial charge is 0.494 e. The highest BCUT2D eigenvalue weighted by molar-refractivity contribution is 5.46. The highest BCUT2D eigenvalue weighted by atomic mass is 16.5. The number of unbranched alkanes of at least 4 members (excludes halogenated alkanes) is 1. The number of anilines is 1. The molecule has 13 heavy (non-hydrogen) atoms. The maximum Gasteiger partial charge on any atom is 0.121 e. The quantitative estimate of drug-likeness (QED) is 0.414. The Morgan fingerprint density at radius 2 is 2.31 bits per heavy atom. The third-order valence-corrected chi connectivity index (χ3v) is 1.77. The van der Waals surface area contributed by atoms with Gasteiger partial charge in [0.2, 0.25) is 0 Å². The Hall–Kier alpha value is -1.22. The molecule has 0 heterocycles.